The van der Waals surface area contributed by atoms with Crippen LogP contribution in [0.2, 0.25) is 0 Å². The van der Waals surface area contributed by atoms with Crippen LogP contribution in [0, 0.1) is 0 Å². The summed E-state index contributed by atoms with van der Waals surface area (Å²) in [7, 11) is -3.98. The van der Waals surface area contributed by atoms with Crippen LogP contribution in [-0.2, 0) is 21.0 Å². The number of sulfonamides is 1. The number of nitrogens with one attached hydrogen (secondary N) is 2. The van der Waals surface area contributed by atoms with Gasteiger partial charge >= 0.3 is 35.7 Å². The summed E-state index contributed by atoms with van der Waals surface area (Å²) in [6.45, 7) is 1.14. The second-order valence-corrected chi connectivity index (χ2v) is 7.95. The molecule has 0 aliphatic heterocycles. The number of carbonyl (C=O) groups excluding carboxylic acids is 1. The number of aromatic nitrogens is 2. The van der Waals surface area contributed by atoms with Crippen LogP contribution in [0.1, 0.15) is 44.9 Å². The average Bonchev–Trinajstić information content (AvgIpc) is 2.96. The van der Waals surface area contributed by atoms with Crippen LogP contribution in [0.3, 0.4) is 0 Å². The topological polar surface area (TPSA) is 93.1 Å². The molecule has 1 amide bonds. The molecule has 28 heavy (non-hydrogen) atoms. The Morgan fingerprint density at radius 2 is 1.86 bits per heavy atom. The summed E-state index contributed by atoms with van der Waals surface area (Å²) < 4.78 is 64.5. The summed E-state index contributed by atoms with van der Waals surface area (Å²) in [6, 6.07) is 6.26. The van der Waals surface area contributed by atoms with Crippen LogP contribution in [0.5, 0.6) is 0 Å². The van der Waals surface area contributed by atoms with E-state index in [-0.39, 0.29) is 41.8 Å². The van der Waals surface area contributed by atoms with Crippen molar-refractivity contribution in [2.75, 3.05) is 0 Å². The number of hydrogen-bond acceptors (Lipinski definition) is 4. The second-order valence-electron chi connectivity index (χ2n) is 6.27. The van der Waals surface area contributed by atoms with Gasteiger partial charge in [0.15, 0.2) is 5.69 Å². The number of halogens is 3. The van der Waals surface area contributed by atoms with Crippen LogP contribution in [0.25, 0.3) is 5.69 Å². The summed E-state index contributed by atoms with van der Waals surface area (Å²) in [5.74, 6) is -0.588. The van der Waals surface area contributed by atoms with Crippen molar-refractivity contribution in [1.29, 1.82) is 0 Å². The molecule has 2 N–H and O–H groups in total. The maximum atomic E-state index is 13.1. The number of carbonyl (C=O) groups is 1. The van der Waals surface area contributed by atoms with Crippen molar-refractivity contribution in [2.45, 2.75) is 43.2 Å². The van der Waals surface area contributed by atoms with Gasteiger partial charge in [-0.05, 0) is 43.2 Å². The molecule has 1 aromatic heterocycles. The van der Waals surface area contributed by atoms with E-state index in [1.807, 2.05) is 10.3 Å². The Balaban J connectivity index is 0.00000210. The number of rotatable bonds is 5. The van der Waals surface area contributed by atoms with E-state index < -0.39 is 27.8 Å². The summed E-state index contributed by atoms with van der Waals surface area (Å²) >= 11 is 0. The summed E-state index contributed by atoms with van der Waals surface area (Å²) in [6.07, 6.45) is -2.04. The Labute approximate surface area is 183 Å². The van der Waals surface area contributed by atoms with Crippen molar-refractivity contribution >= 4 is 15.9 Å². The molecular weight excluding hydrogens is 408 g/mol. The molecule has 7 nitrogen and oxygen atoms in total. The van der Waals surface area contributed by atoms with Crippen LogP contribution in [0.15, 0.2) is 35.2 Å². The molecule has 3 rings (SSSR count). The Bertz CT molecular complexity index is 961. The molecule has 2 aromatic rings. The third kappa shape index (κ3) is 4.95. The first-order chi connectivity index (χ1) is 12.6. The fraction of sp³-hybridized carbons (Fsp3) is 0.375. The molecule has 12 heteroatoms. The van der Waals surface area contributed by atoms with E-state index >= 15 is 0 Å². The molecule has 148 valence electrons. The zero-order chi connectivity index (χ0) is 19.8. The van der Waals surface area contributed by atoms with Gasteiger partial charge in [-0.2, -0.15) is 18.3 Å². The minimum absolute atomic E-state index is 0. The predicted molar refractivity (Wildman–Crippen MR) is 90.4 cm³/mol. The molecular formula is C16H18F3N4NaO3S. The number of alkyl halides is 3. The average molecular weight is 426 g/mol. The fourth-order valence-electron chi connectivity index (χ4n) is 2.70. The Hall–Kier alpha value is -1.40. The first-order valence-electron chi connectivity index (χ1n) is 8.14. The predicted octanol–water partition coefficient (Wildman–Crippen LogP) is -0.396. The minimum Gasteiger partial charge on any atom is -1.00 e. The Morgan fingerprint density at radius 1 is 1.25 bits per heavy atom. The van der Waals surface area contributed by atoms with E-state index in [0.717, 1.165) is 32.3 Å². The number of amides is 1. The van der Waals surface area contributed by atoms with Crippen molar-refractivity contribution in [3.05, 3.63) is 41.7 Å². The molecule has 0 atom stereocenters. The number of hydrogen-bond donors (Lipinski definition) is 2. The fourth-order valence-corrected chi connectivity index (χ4v) is 3.59. The zero-order valence-corrected chi connectivity index (χ0v) is 18.1. The molecule has 1 fully saturated rings. The Kier molecular flexibility index (Phi) is 6.98. The standard InChI is InChI=1S/C16H17F3N4O3S.Na.H/c1-10(24)20-22-27(25,26)13-7-5-12(6-8-13)23-14(11-3-2-4-11)9-15(21-23)16(17,18)19;;/h5-9,11,22H,2-4H2,1H3,(H,20,24);;/q;+1;-1. The number of hydrazine groups is 1. The van der Waals surface area contributed by atoms with Crippen LogP contribution in [-0.4, -0.2) is 24.1 Å². The minimum atomic E-state index is -4.56. The monoisotopic (exact) mass is 426 g/mol. The maximum absolute atomic E-state index is 13.1. The van der Waals surface area contributed by atoms with E-state index in [1.54, 1.807) is 0 Å². The second kappa shape index (κ2) is 8.54. The van der Waals surface area contributed by atoms with Crippen molar-refractivity contribution in [2.24, 2.45) is 0 Å². The van der Waals surface area contributed by atoms with Crippen molar-refractivity contribution in [3.8, 4) is 5.69 Å². The quantitative estimate of drug-likeness (QED) is 0.503. The van der Waals surface area contributed by atoms with Gasteiger partial charge in [-0.15, -0.1) is 4.83 Å². The van der Waals surface area contributed by atoms with E-state index in [0.29, 0.717) is 11.4 Å². The Morgan fingerprint density at radius 3 is 2.32 bits per heavy atom. The van der Waals surface area contributed by atoms with Gasteiger partial charge in [0.05, 0.1) is 10.6 Å². The van der Waals surface area contributed by atoms with Gasteiger partial charge in [0, 0.05) is 18.5 Å². The van der Waals surface area contributed by atoms with E-state index in [1.165, 1.54) is 28.9 Å². The van der Waals surface area contributed by atoms with Gasteiger partial charge in [-0.3, -0.25) is 10.2 Å². The van der Waals surface area contributed by atoms with Gasteiger partial charge in [0.2, 0.25) is 5.91 Å². The van der Waals surface area contributed by atoms with Crippen molar-refractivity contribution in [1.82, 2.24) is 20.0 Å². The molecule has 1 heterocycles. The third-order valence-corrected chi connectivity index (χ3v) is 5.57. The molecule has 0 spiro atoms. The maximum Gasteiger partial charge on any atom is 1.00 e. The van der Waals surface area contributed by atoms with Crippen LogP contribution in [0.4, 0.5) is 13.2 Å². The van der Waals surface area contributed by atoms with Crippen LogP contribution < -0.4 is 39.8 Å². The summed E-state index contributed by atoms with van der Waals surface area (Å²) in [4.78, 5) is 12.6. The summed E-state index contributed by atoms with van der Waals surface area (Å²) in [5, 5.41) is 3.68. The molecule has 0 bridgehead atoms. The van der Waals surface area contributed by atoms with Crippen molar-refractivity contribution < 1.29 is 57.4 Å². The molecule has 0 unspecified atom stereocenters. The smallest absolute Gasteiger partial charge is 1.00 e. The van der Waals surface area contributed by atoms with Gasteiger partial charge < -0.3 is 1.43 Å². The first-order valence-corrected chi connectivity index (χ1v) is 9.62. The molecule has 0 saturated heterocycles. The number of benzene rings is 1. The largest absolute Gasteiger partial charge is 1.00 e. The van der Waals surface area contributed by atoms with Gasteiger partial charge in [-0.1, -0.05) is 6.42 Å². The zero-order valence-electron chi connectivity index (χ0n) is 16.2. The van der Waals surface area contributed by atoms with E-state index in [9.17, 15) is 26.4 Å². The SMILES string of the molecule is CC(=O)NNS(=O)(=O)c1ccc(-n2nc(C(F)(F)F)cc2C2CCC2)cc1.[H-].[Na+]. The number of nitrogens with zero attached hydrogens (tertiary/aromatic N) is 2. The molecule has 1 aromatic carbocycles. The van der Waals surface area contributed by atoms with Crippen LogP contribution >= 0.6 is 0 Å². The molecule has 1 aliphatic rings. The molecule has 1 saturated carbocycles. The normalized spacial score (nSPS) is 14.9. The first kappa shape index (κ1) is 22.9. The van der Waals surface area contributed by atoms with Crippen molar-refractivity contribution in [3.63, 3.8) is 0 Å². The molecule has 1 aliphatic carbocycles. The van der Waals surface area contributed by atoms with Gasteiger partial charge in [0.1, 0.15) is 0 Å². The summed E-state index contributed by atoms with van der Waals surface area (Å²) in [5.41, 5.74) is 1.78. The van der Waals surface area contributed by atoms with E-state index in [2.05, 4.69) is 5.10 Å². The third-order valence-electron chi connectivity index (χ3n) is 4.30. The van der Waals surface area contributed by atoms with Gasteiger partial charge in [0.25, 0.3) is 10.0 Å². The molecule has 0 radical (unpaired) electrons. The van der Waals surface area contributed by atoms with Gasteiger partial charge in [-0.25, -0.2) is 13.1 Å². The van der Waals surface area contributed by atoms with E-state index in [4.69, 9.17) is 0 Å².